The predicted molar refractivity (Wildman–Crippen MR) is 182 cm³/mol. The molecule has 4 aromatic heterocycles. The average molecular weight is 632 g/mol. The summed E-state index contributed by atoms with van der Waals surface area (Å²) in [5.74, 6) is 1.24. The summed E-state index contributed by atoms with van der Waals surface area (Å²) in [6, 6.07) is 23.1. The van der Waals surface area contributed by atoms with Crippen molar-refractivity contribution in [2.75, 3.05) is 20.0 Å². The molecular weight excluding hydrogens is 603 g/mol. The first kappa shape index (κ1) is 29.9. The Kier molecular flexibility index (Phi) is 8.77. The third kappa shape index (κ3) is 6.67. The fraction of sp³-hybridized carbons (Fsp3) is 0.114. The molecule has 0 spiro atoms. The molecule has 0 bridgehead atoms. The molecule has 0 saturated heterocycles. The van der Waals surface area contributed by atoms with E-state index < -0.39 is 0 Å². The molecule has 7 aromatic rings. The Morgan fingerprint density at radius 1 is 0.778 bits per heavy atom. The van der Waals surface area contributed by atoms with Gasteiger partial charge in [-0.2, -0.15) is 0 Å². The van der Waals surface area contributed by atoms with Crippen LogP contribution in [0.25, 0.3) is 41.6 Å². The highest BCUT2D eigenvalue weighted by Gasteiger charge is 2.15. The van der Waals surface area contributed by atoms with Crippen molar-refractivity contribution < 1.29 is 14.3 Å². The molecule has 224 valence electrons. The molecule has 0 radical (unpaired) electrons. The second-order valence-electron chi connectivity index (χ2n) is 10.2. The maximum absolute atomic E-state index is 12.9. The van der Waals surface area contributed by atoms with Crippen molar-refractivity contribution in [1.29, 1.82) is 0 Å². The Morgan fingerprint density at radius 3 is 1.98 bits per heavy atom. The van der Waals surface area contributed by atoms with Gasteiger partial charge in [-0.05, 0) is 60.5 Å². The molecular formula is C35H29N5O3S2. The van der Waals surface area contributed by atoms with E-state index in [4.69, 9.17) is 15.2 Å². The number of nitrogens with zero attached hydrogens (tertiary/aromatic N) is 4. The van der Waals surface area contributed by atoms with Crippen molar-refractivity contribution in [3.05, 3.63) is 114 Å². The first-order chi connectivity index (χ1) is 21.9. The molecule has 45 heavy (non-hydrogen) atoms. The number of nitrogens with two attached hydrogens (primary N) is 1. The molecule has 0 atom stereocenters. The van der Waals surface area contributed by atoms with Crippen molar-refractivity contribution in [3.63, 3.8) is 0 Å². The normalized spacial score (nSPS) is 10.8. The van der Waals surface area contributed by atoms with Crippen LogP contribution in [0.2, 0.25) is 0 Å². The number of thiazole rings is 2. The van der Waals surface area contributed by atoms with Gasteiger partial charge >= 0.3 is 0 Å². The monoisotopic (exact) mass is 631 g/mol. The molecule has 3 aromatic carbocycles. The second-order valence-corrected chi connectivity index (χ2v) is 12.2. The van der Waals surface area contributed by atoms with Crippen LogP contribution in [-0.4, -0.2) is 39.9 Å². The van der Waals surface area contributed by atoms with Gasteiger partial charge in [-0.3, -0.25) is 14.8 Å². The minimum atomic E-state index is 0.0275. The summed E-state index contributed by atoms with van der Waals surface area (Å²) in [7, 11) is 3.17. The van der Waals surface area contributed by atoms with Gasteiger partial charge in [0, 0.05) is 53.6 Å². The average Bonchev–Trinajstić information content (AvgIpc) is 3.70. The van der Waals surface area contributed by atoms with Crippen molar-refractivity contribution in [3.8, 4) is 32.6 Å². The molecule has 7 rings (SSSR count). The zero-order valence-electron chi connectivity index (χ0n) is 24.9. The lowest BCUT2D eigenvalue weighted by Crippen LogP contribution is -2.05. The zero-order valence-corrected chi connectivity index (χ0v) is 26.5. The Bertz CT molecular complexity index is 2070. The molecule has 0 aliphatic rings. The maximum Gasteiger partial charge on any atom is 0.167 e. The smallest absolute Gasteiger partial charge is 0.167 e. The number of Topliss-reactive ketones (excluding diaryl/α,β-unsaturated/α-hetero) is 1. The van der Waals surface area contributed by atoms with E-state index in [0.717, 1.165) is 58.4 Å². The topological polar surface area (TPSA) is 113 Å². The molecule has 4 heterocycles. The Balaban J connectivity index is 0.000000187. The van der Waals surface area contributed by atoms with E-state index in [9.17, 15) is 4.79 Å². The molecule has 0 saturated carbocycles. The van der Waals surface area contributed by atoms with Gasteiger partial charge in [-0.25, -0.2) is 9.97 Å². The van der Waals surface area contributed by atoms with Gasteiger partial charge in [0.05, 0.1) is 34.7 Å². The standard InChI is InChI=1S/C23H20N2O3S.C12H9N3S/c1-14-9-17(12-20(27-2)22(14)28-3)19(26)11-15-5-4-6-16(10-15)23-25-18-7-8-24-13-21(18)29-23;13-9-3-1-2-8(6-9)12-15-10-4-5-14-7-11(10)16-12/h4-10,12-13H,11H2,1-3H3;1-7H,13H2. The SMILES string of the molecule is COc1cc(C(=O)Cc2cccc(-c3nc4ccncc4s3)c2)cc(C)c1OC.Nc1cccc(-c2nc3ccncc3s2)c1. The largest absolute Gasteiger partial charge is 0.493 e. The summed E-state index contributed by atoms with van der Waals surface area (Å²) in [5, 5.41) is 1.90. The zero-order chi connectivity index (χ0) is 31.3. The highest BCUT2D eigenvalue weighted by Crippen LogP contribution is 2.34. The number of ketones is 1. The quantitative estimate of drug-likeness (QED) is 0.139. The number of anilines is 1. The molecule has 0 unspecified atom stereocenters. The number of carbonyl (C=O) groups excluding carboxylic acids is 1. The number of rotatable bonds is 7. The van der Waals surface area contributed by atoms with Gasteiger partial charge in [0.2, 0.25) is 0 Å². The summed E-state index contributed by atoms with van der Waals surface area (Å²) >= 11 is 3.23. The first-order valence-electron chi connectivity index (χ1n) is 14.0. The van der Waals surface area contributed by atoms with Crippen molar-refractivity contribution in [1.82, 2.24) is 19.9 Å². The fourth-order valence-corrected chi connectivity index (χ4v) is 6.75. The Morgan fingerprint density at radius 2 is 1.40 bits per heavy atom. The van der Waals surface area contributed by atoms with Crippen molar-refractivity contribution >= 4 is 54.6 Å². The van der Waals surface area contributed by atoms with E-state index in [1.54, 1.807) is 55.4 Å². The summed E-state index contributed by atoms with van der Waals surface area (Å²) in [6.45, 7) is 1.90. The number of ether oxygens (including phenoxy) is 2. The number of aryl methyl sites for hydroxylation is 1. The second kappa shape index (κ2) is 13.2. The van der Waals surface area contributed by atoms with Gasteiger partial charge in [0.15, 0.2) is 17.3 Å². The lowest BCUT2D eigenvalue weighted by Gasteiger charge is -2.12. The van der Waals surface area contributed by atoms with Crippen LogP contribution in [0.3, 0.4) is 0 Å². The molecule has 0 fully saturated rings. The number of hydrogen-bond donors (Lipinski definition) is 1. The summed E-state index contributed by atoms with van der Waals surface area (Å²) < 4.78 is 12.9. The van der Waals surface area contributed by atoms with Crippen molar-refractivity contribution in [2.45, 2.75) is 13.3 Å². The molecule has 0 aliphatic heterocycles. The van der Waals surface area contributed by atoms with Crippen molar-refractivity contribution in [2.24, 2.45) is 0 Å². The van der Waals surface area contributed by atoms with Crippen LogP contribution in [0.1, 0.15) is 21.5 Å². The number of carbonyl (C=O) groups is 1. The highest BCUT2D eigenvalue weighted by atomic mass is 32.1. The van der Waals surface area contributed by atoms with Gasteiger partial charge in [0.25, 0.3) is 0 Å². The van der Waals surface area contributed by atoms with Crippen LogP contribution in [0.15, 0.2) is 97.6 Å². The van der Waals surface area contributed by atoms with Crippen LogP contribution in [0.4, 0.5) is 5.69 Å². The molecule has 8 nitrogen and oxygen atoms in total. The van der Waals surface area contributed by atoms with Crippen LogP contribution >= 0.6 is 22.7 Å². The van der Waals surface area contributed by atoms with E-state index in [2.05, 4.69) is 19.9 Å². The van der Waals surface area contributed by atoms with Crippen LogP contribution in [0.5, 0.6) is 11.5 Å². The minimum Gasteiger partial charge on any atom is -0.493 e. The van der Waals surface area contributed by atoms with Gasteiger partial charge in [0.1, 0.15) is 10.0 Å². The van der Waals surface area contributed by atoms with Gasteiger partial charge < -0.3 is 15.2 Å². The number of hydrogen-bond acceptors (Lipinski definition) is 10. The van der Waals surface area contributed by atoms with E-state index in [0.29, 0.717) is 23.5 Å². The Labute approximate surface area is 268 Å². The molecule has 0 aliphatic carbocycles. The van der Waals surface area contributed by atoms with Crippen LogP contribution < -0.4 is 15.2 Å². The number of nitrogen functional groups attached to an aromatic ring is 1. The minimum absolute atomic E-state index is 0.0275. The number of pyridine rings is 2. The number of benzene rings is 3. The lowest BCUT2D eigenvalue weighted by molar-refractivity contribution is 0.0992. The first-order valence-corrected chi connectivity index (χ1v) is 15.7. The Hall–Kier alpha value is -5.19. The highest BCUT2D eigenvalue weighted by molar-refractivity contribution is 7.22. The van der Waals surface area contributed by atoms with Gasteiger partial charge in [-0.1, -0.05) is 30.3 Å². The number of fused-ring (bicyclic) bond motifs is 2. The molecule has 10 heteroatoms. The molecule has 0 amide bonds. The van der Waals surface area contributed by atoms with Gasteiger partial charge in [-0.15, -0.1) is 22.7 Å². The number of methoxy groups -OCH3 is 2. The van der Waals surface area contributed by atoms with E-state index in [-0.39, 0.29) is 5.78 Å². The summed E-state index contributed by atoms with van der Waals surface area (Å²) in [4.78, 5) is 30.4. The fourth-order valence-electron chi connectivity index (χ4n) is 4.90. The van der Waals surface area contributed by atoms with E-state index in [1.807, 2.05) is 86.0 Å². The van der Waals surface area contributed by atoms with E-state index in [1.165, 1.54) is 0 Å². The van der Waals surface area contributed by atoms with E-state index >= 15 is 0 Å². The third-order valence-electron chi connectivity index (χ3n) is 7.04. The maximum atomic E-state index is 12.9. The predicted octanol–water partition coefficient (Wildman–Crippen LogP) is 8.05. The third-order valence-corrected chi connectivity index (χ3v) is 9.15. The number of aromatic nitrogens is 4. The van der Waals surface area contributed by atoms with Crippen LogP contribution in [-0.2, 0) is 6.42 Å². The summed E-state index contributed by atoms with van der Waals surface area (Å²) in [6.07, 6.45) is 7.46. The molecule has 2 N–H and O–H groups in total. The lowest BCUT2D eigenvalue weighted by atomic mass is 9.99. The van der Waals surface area contributed by atoms with Crippen LogP contribution in [0, 0.1) is 6.92 Å². The summed E-state index contributed by atoms with van der Waals surface area (Å²) in [5.41, 5.74) is 12.9.